The predicted octanol–water partition coefficient (Wildman–Crippen LogP) is 4.40. The highest BCUT2D eigenvalue weighted by atomic mass is 19.1. The summed E-state index contributed by atoms with van der Waals surface area (Å²) in [7, 11) is 0. The van der Waals surface area contributed by atoms with Crippen LogP contribution in [0.15, 0.2) is 53.7 Å². The average molecular weight is 273 g/mol. The van der Waals surface area contributed by atoms with Gasteiger partial charge in [0.05, 0.1) is 5.71 Å². The second-order valence-electron chi connectivity index (χ2n) is 4.40. The highest BCUT2D eigenvalue weighted by Gasteiger charge is 2.03. The zero-order valence-corrected chi connectivity index (χ0v) is 11.2. The van der Waals surface area contributed by atoms with Gasteiger partial charge in [0, 0.05) is 6.42 Å². The number of nitrogens with zero attached hydrogens (tertiary/aromatic N) is 1. The normalized spacial score (nSPS) is 11.4. The average Bonchev–Trinajstić information content (AvgIpc) is 2.47. The molecule has 0 saturated carbocycles. The van der Waals surface area contributed by atoms with E-state index in [0.717, 1.165) is 5.56 Å². The van der Waals surface area contributed by atoms with Crippen LogP contribution in [0.1, 0.15) is 18.9 Å². The lowest BCUT2D eigenvalue weighted by Crippen LogP contribution is -2.01. The third kappa shape index (κ3) is 3.82. The third-order valence-electron chi connectivity index (χ3n) is 2.91. The Bertz CT molecular complexity index is 594. The number of rotatable bonds is 5. The molecule has 2 aromatic rings. The summed E-state index contributed by atoms with van der Waals surface area (Å²) < 4.78 is 18.5. The highest BCUT2D eigenvalue weighted by molar-refractivity contribution is 5.85. The molecule has 0 saturated heterocycles. The van der Waals surface area contributed by atoms with E-state index >= 15 is 0 Å². The van der Waals surface area contributed by atoms with E-state index in [1.807, 2.05) is 31.2 Å². The van der Waals surface area contributed by atoms with Crippen LogP contribution in [0.25, 0.3) is 0 Å². The fourth-order valence-corrected chi connectivity index (χ4v) is 1.82. The van der Waals surface area contributed by atoms with Crippen molar-refractivity contribution in [2.24, 2.45) is 5.16 Å². The van der Waals surface area contributed by atoms with E-state index in [1.165, 1.54) is 12.1 Å². The van der Waals surface area contributed by atoms with Crippen molar-refractivity contribution in [1.82, 2.24) is 0 Å². The SMILES string of the molecule is CC/C(Cc1cccc(Oc2ccc(F)cc2)c1)=N/O. The molecular formula is C16H16FNO2. The maximum Gasteiger partial charge on any atom is 0.127 e. The van der Waals surface area contributed by atoms with E-state index in [4.69, 9.17) is 9.94 Å². The molecule has 0 aromatic heterocycles. The lowest BCUT2D eigenvalue weighted by molar-refractivity contribution is 0.317. The van der Waals surface area contributed by atoms with Gasteiger partial charge in [0.15, 0.2) is 0 Å². The molecular weight excluding hydrogens is 257 g/mol. The molecule has 4 heteroatoms. The minimum atomic E-state index is -0.294. The molecule has 0 amide bonds. The first-order valence-electron chi connectivity index (χ1n) is 6.43. The molecule has 0 atom stereocenters. The van der Waals surface area contributed by atoms with Gasteiger partial charge in [-0.3, -0.25) is 0 Å². The van der Waals surface area contributed by atoms with Crippen molar-refractivity contribution in [3.05, 3.63) is 59.9 Å². The maximum absolute atomic E-state index is 12.8. The van der Waals surface area contributed by atoms with Crippen molar-refractivity contribution in [3.63, 3.8) is 0 Å². The van der Waals surface area contributed by atoms with Crippen LogP contribution in [0, 0.1) is 5.82 Å². The fraction of sp³-hybridized carbons (Fsp3) is 0.188. The Morgan fingerprint density at radius 1 is 1.15 bits per heavy atom. The van der Waals surface area contributed by atoms with Gasteiger partial charge in [-0.15, -0.1) is 0 Å². The first kappa shape index (κ1) is 14.1. The van der Waals surface area contributed by atoms with Crippen LogP contribution in [0.2, 0.25) is 0 Å². The van der Waals surface area contributed by atoms with E-state index in [2.05, 4.69) is 5.16 Å². The number of halogens is 1. The van der Waals surface area contributed by atoms with E-state index in [1.54, 1.807) is 12.1 Å². The van der Waals surface area contributed by atoms with Crippen LogP contribution < -0.4 is 4.74 Å². The molecule has 20 heavy (non-hydrogen) atoms. The third-order valence-corrected chi connectivity index (χ3v) is 2.91. The molecule has 0 unspecified atom stereocenters. The first-order chi connectivity index (χ1) is 9.71. The van der Waals surface area contributed by atoms with Crippen LogP contribution in [-0.4, -0.2) is 10.9 Å². The van der Waals surface area contributed by atoms with Crippen LogP contribution >= 0.6 is 0 Å². The number of oxime groups is 1. The zero-order chi connectivity index (χ0) is 14.4. The van der Waals surface area contributed by atoms with E-state index in [-0.39, 0.29) is 5.82 Å². The van der Waals surface area contributed by atoms with Crippen molar-refractivity contribution < 1.29 is 14.3 Å². The molecule has 0 bridgehead atoms. The number of ether oxygens (including phenoxy) is 1. The molecule has 0 fully saturated rings. The Morgan fingerprint density at radius 3 is 2.55 bits per heavy atom. The summed E-state index contributed by atoms with van der Waals surface area (Å²) in [6.07, 6.45) is 1.27. The maximum atomic E-state index is 12.8. The Balaban J connectivity index is 2.11. The topological polar surface area (TPSA) is 41.8 Å². The summed E-state index contributed by atoms with van der Waals surface area (Å²) in [6.45, 7) is 1.94. The molecule has 0 aliphatic heterocycles. The largest absolute Gasteiger partial charge is 0.457 e. The molecule has 0 spiro atoms. The minimum Gasteiger partial charge on any atom is -0.457 e. The monoisotopic (exact) mass is 273 g/mol. The van der Waals surface area contributed by atoms with Crippen molar-refractivity contribution in [3.8, 4) is 11.5 Å². The predicted molar refractivity (Wildman–Crippen MR) is 76.1 cm³/mol. The van der Waals surface area contributed by atoms with Gasteiger partial charge in [-0.2, -0.15) is 0 Å². The standard InChI is InChI=1S/C16H16FNO2/c1-2-14(18-19)10-12-4-3-5-16(11-12)20-15-8-6-13(17)7-9-15/h3-9,11,19H,2,10H2,1H3/b18-14-. The van der Waals surface area contributed by atoms with Crippen molar-refractivity contribution >= 4 is 5.71 Å². The second-order valence-corrected chi connectivity index (χ2v) is 4.40. The zero-order valence-electron chi connectivity index (χ0n) is 11.2. The minimum absolute atomic E-state index is 0.294. The molecule has 0 radical (unpaired) electrons. The summed E-state index contributed by atoms with van der Waals surface area (Å²) in [4.78, 5) is 0. The van der Waals surface area contributed by atoms with Gasteiger partial charge in [0.25, 0.3) is 0 Å². The second kappa shape index (κ2) is 6.70. The van der Waals surface area contributed by atoms with Crippen LogP contribution in [0.4, 0.5) is 4.39 Å². The quantitative estimate of drug-likeness (QED) is 0.498. The van der Waals surface area contributed by atoms with Gasteiger partial charge >= 0.3 is 0 Å². The fourth-order valence-electron chi connectivity index (χ4n) is 1.82. The number of hydrogen-bond acceptors (Lipinski definition) is 3. The molecule has 0 heterocycles. The Labute approximate surface area is 117 Å². The molecule has 2 rings (SSSR count). The Kier molecular flexibility index (Phi) is 4.71. The number of benzene rings is 2. The van der Waals surface area contributed by atoms with Crippen LogP contribution in [-0.2, 0) is 6.42 Å². The lowest BCUT2D eigenvalue weighted by atomic mass is 10.1. The molecule has 2 aromatic carbocycles. The molecule has 104 valence electrons. The summed E-state index contributed by atoms with van der Waals surface area (Å²) in [5.41, 5.74) is 1.71. The highest BCUT2D eigenvalue weighted by Crippen LogP contribution is 2.22. The summed E-state index contributed by atoms with van der Waals surface area (Å²) in [5.74, 6) is 0.954. The smallest absolute Gasteiger partial charge is 0.127 e. The van der Waals surface area contributed by atoms with Gasteiger partial charge in [-0.05, 0) is 48.4 Å². The van der Waals surface area contributed by atoms with Gasteiger partial charge < -0.3 is 9.94 Å². The van der Waals surface area contributed by atoms with Crippen molar-refractivity contribution in [1.29, 1.82) is 0 Å². The first-order valence-corrected chi connectivity index (χ1v) is 6.43. The molecule has 1 N–H and O–H groups in total. The lowest BCUT2D eigenvalue weighted by Gasteiger charge is -2.08. The number of hydrogen-bond donors (Lipinski definition) is 1. The van der Waals surface area contributed by atoms with Crippen LogP contribution in [0.5, 0.6) is 11.5 Å². The van der Waals surface area contributed by atoms with Gasteiger partial charge in [0.2, 0.25) is 0 Å². The van der Waals surface area contributed by atoms with Gasteiger partial charge in [0.1, 0.15) is 17.3 Å². The molecule has 0 aliphatic rings. The summed E-state index contributed by atoms with van der Waals surface area (Å²) >= 11 is 0. The molecule has 3 nitrogen and oxygen atoms in total. The van der Waals surface area contributed by atoms with Crippen molar-refractivity contribution in [2.45, 2.75) is 19.8 Å². The molecule has 0 aliphatic carbocycles. The van der Waals surface area contributed by atoms with Crippen LogP contribution in [0.3, 0.4) is 0 Å². The Hall–Kier alpha value is -2.36. The van der Waals surface area contributed by atoms with E-state index in [9.17, 15) is 4.39 Å². The Morgan fingerprint density at radius 2 is 1.90 bits per heavy atom. The van der Waals surface area contributed by atoms with E-state index in [0.29, 0.717) is 30.1 Å². The van der Waals surface area contributed by atoms with Crippen molar-refractivity contribution in [2.75, 3.05) is 0 Å². The summed E-state index contributed by atoms with van der Waals surface area (Å²) in [6, 6.07) is 13.4. The van der Waals surface area contributed by atoms with E-state index < -0.39 is 0 Å². The van der Waals surface area contributed by atoms with Gasteiger partial charge in [-0.25, -0.2) is 4.39 Å². The van der Waals surface area contributed by atoms with Gasteiger partial charge in [-0.1, -0.05) is 24.2 Å². The summed E-state index contributed by atoms with van der Waals surface area (Å²) in [5, 5.41) is 12.1.